The molecule has 0 bridgehead atoms. The second-order valence-corrected chi connectivity index (χ2v) is 3.72. The fourth-order valence-corrected chi connectivity index (χ4v) is 1.03. The largest absolute Gasteiger partial charge is 0.285 e. The van der Waals surface area contributed by atoms with Gasteiger partial charge in [0.15, 0.2) is 0 Å². The maximum absolute atomic E-state index is 11.2. The molecule has 0 aliphatic heterocycles. The number of rotatable bonds is 1. The first-order chi connectivity index (χ1) is 6.59. The van der Waals surface area contributed by atoms with Crippen molar-refractivity contribution >= 4 is 17.4 Å². The summed E-state index contributed by atoms with van der Waals surface area (Å²) in [7, 11) is 0. The molecule has 0 aliphatic carbocycles. The Hall–Kier alpha value is -1.26. The monoisotopic (exact) mass is 206 g/mol. The lowest BCUT2D eigenvalue weighted by Crippen LogP contribution is -2.02. The highest BCUT2D eigenvalue weighted by atomic mass is 35.5. The van der Waals surface area contributed by atoms with Crippen LogP contribution in [0.3, 0.4) is 0 Å². The Labute approximate surface area is 89.1 Å². The quantitative estimate of drug-likeness (QED) is 0.646. The van der Waals surface area contributed by atoms with Crippen LogP contribution in [0.25, 0.3) is 0 Å². The third-order valence-corrected chi connectivity index (χ3v) is 1.91. The van der Waals surface area contributed by atoms with Crippen LogP contribution in [0.4, 0.5) is 0 Å². The van der Waals surface area contributed by atoms with E-state index >= 15 is 0 Å². The van der Waals surface area contributed by atoms with Crippen LogP contribution in [0.1, 0.15) is 19.4 Å². The predicted octanol–water partition coefficient (Wildman–Crippen LogP) is 2.92. The lowest BCUT2D eigenvalue weighted by atomic mass is 10.1. The van der Waals surface area contributed by atoms with Crippen LogP contribution in [0, 0.1) is 17.8 Å². The molecule has 0 atom stereocenters. The topological polar surface area (TPSA) is 17.1 Å². The van der Waals surface area contributed by atoms with E-state index in [1.807, 2.05) is 26.0 Å². The molecule has 0 saturated carbocycles. The molecule has 0 fully saturated rings. The first kappa shape index (κ1) is 10.8. The van der Waals surface area contributed by atoms with Gasteiger partial charge in [-0.2, -0.15) is 0 Å². The maximum atomic E-state index is 11.2. The summed E-state index contributed by atoms with van der Waals surface area (Å²) in [5, 5.41) is 0.633. The highest BCUT2D eigenvalue weighted by Crippen LogP contribution is 2.09. The molecule has 72 valence electrons. The lowest BCUT2D eigenvalue weighted by molar-refractivity contribution is -0.116. The smallest absolute Gasteiger partial charge is 0.208 e. The van der Waals surface area contributed by atoms with Crippen LogP contribution >= 0.6 is 11.6 Å². The molecule has 0 amide bonds. The molecule has 0 unspecified atom stereocenters. The number of benzene rings is 1. The summed E-state index contributed by atoms with van der Waals surface area (Å²) in [5.41, 5.74) is 0.770. The van der Waals surface area contributed by atoms with Gasteiger partial charge in [0.25, 0.3) is 0 Å². The molecule has 0 aliphatic rings. The first-order valence-electron chi connectivity index (χ1n) is 4.41. The minimum atomic E-state index is -0.0509. The third-order valence-electron chi connectivity index (χ3n) is 1.68. The Bertz CT molecular complexity index is 396. The molecular formula is C12H11ClO. The summed E-state index contributed by atoms with van der Waals surface area (Å²) in [5.74, 6) is 5.27. The van der Waals surface area contributed by atoms with Crippen LogP contribution in [0.5, 0.6) is 0 Å². The Morgan fingerprint density at radius 3 is 2.71 bits per heavy atom. The standard InChI is InChI=1S/C12H11ClO/c1-9(2)12(14)7-6-10-4-3-5-11(13)8-10/h3-5,8-9H,1-2H3. The summed E-state index contributed by atoms with van der Waals surface area (Å²) in [6.07, 6.45) is 0. The molecule has 0 aromatic heterocycles. The van der Waals surface area contributed by atoms with E-state index < -0.39 is 0 Å². The Morgan fingerprint density at radius 2 is 2.14 bits per heavy atom. The SMILES string of the molecule is CC(C)C(=O)C#Cc1cccc(Cl)c1. The van der Waals surface area contributed by atoms with E-state index in [1.165, 1.54) is 0 Å². The van der Waals surface area contributed by atoms with Crippen molar-refractivity contribution in [2.45, 2.75) is 13.8 Å². The van der Waals surface area contributed by atoms with Crippen molar-refractivity contribution < 1.29 is 4.79 Å². The Morgan fingerprint density at radius 1 is 1.43 bits per heavy atom. The van der Waals surface area contributed by atoms with Crippen molar-refractivity contribution in [1.29, 1.82) is 0 Å². The second kappa shape index (κ2) is 4.83. The third kappa shape index (κ3) is 3.24. The van der Waals surface area contributed by atoms with Crippen LogP contribution in [0.2, 0.25) is 5.02 Å². The van der Waals surface area contributed by atoms with Crippen LogP contribution < -0.4 is 0 Å². The van der Waals surface area contributed by atoms with E-state index in [9.17, 15) is 4.79 Å². The van der Waals surface area contributed by atoms with Crippen molar-refractivity contribution in [3.8, 4) is 11.8 Å². The molecule has 0 radical (unpaired) electrons. The molecular weight excluding hydrogens is 196 g/mol. The van der Waals surface area contributed by atoms with Gasteiger partial charge in [0.2, 0.25) is 5.78 Å². The summed E-state index contributed by atoms with van der Waals surface area (Å²) in [4.78, 5) is 11.2. The Kier molecular flexibility index (Phi) is 3.73. The molecule has 2 heteroatoms. The average molecular weight is 207 g/mol. The summed E-state index contributed by atoms with van der Waals surface area (Å²) in [6, 6.07) is 7.15. The number of Topliss-reactive ketones (excluding diaryl/α,β-unsaturated/α-hetero) is 1. The predicted molar refractivity (Wildman–Crippen MR) is 58.2 cm³/mol. The van der Waals surface area contributed by atoms with Crippen molar-refractivity contribution in [3.05, 3.63) is 34.9 Å². The van der Waals surface area contributed by atoms with E-state index in [-0.39, 0.29) is 11.7 Å². The van der Waals surface area contributed by atoms with Gasteiger partial charge in [-0.3, -0.25) is 4.79 Å². The summed E-state index contributed by atoms with van der Waals surface area (Å²) >= 11 is 5.77. The maximum Gasteiger partial charge on any atom is 0.208 e. The number of hydrogen-bond acceptors (Lipinski definition) is 1. The van der Waals surface area contributed by atoms with Crippen LogP contribution in [-0.2, 0) is 4.79 Å². The number of ketones is 1. The van der Waals surface area contributed by atoms with Crippen LogP contribution in [0.15, 0.2) is 24.3 Å². The van der Waals surface area contributed by atoms with Crippen LogP contribution in [-0.4, -0.2) is 5.78 Å². The van der Waals surface area contributed by atoms with Crippen molar-refractivity contribution in [2.75, 3.05) is 0 Å². The highest BCUT2D eigenvalue weighted by Gasteiger charge is 2.01. The molecule has 0 saturated heterocycles. The fraction of sp³-hybridized carbons (Fsp3) is 0.250. The van der Waals surface area contributed by atoms with Gasteiger partial charge < -0.3 is 0 Å². The van der Waals surface area contributed by atoms with Gasteiger partial charge in [0.1, 0.15) is 0 Å². The van der Waals surface area contributed by atoms with Gasteiger partial charge in [0, 0.05) is 16.5 Å². The van der Waals surface area contributed by atoms with E-state index in [1.54, 1.807) is 12.1 Å². The lowest BCUT2D eigenvalue weighted by Gasteiger charge is -1.93. The first-order valence-corrected chi connectivity index (χ1v) is 4.79. The minimum absolute atomic E-state index is 0.0401. The zero-order valence-electron chi connectivity index (χ0n) is 8.17. The minimum Gasteiger partial charge on any atom is -0.285 e. The van der Waals surface area contributed by atoms with Crippen molar-refractivity contribution in [2.24, 2.45) is 5.92 Å². The second-order valence-electron chi connectivity index (χ2n) is 3.28. The summed E-state index contributed by atoms with van der Waals surface area (Å²) < 4.78 is 0. The van der Waals surface area contributed by atoms with Gasteiger partial charge >= 0.3 is 0 Å². The highest BCUT2D eigenvalue weighted by molar-refractivity contribution is 6.30. The average Bonchev–Trinajstić information content (AvgIpc) is 2.14. The number of carbonyl (C=O) groups excluding carboxylic acids is 1. The van der Waals surface area contributed by atoms with Gasteiger partial charge in [-0.15, -0.1) is 0 Å². The van der Waals surface area contributed by atoms with Gasteiger partial charge in [0.05, 0.1) is 0 Å². The van der Waals surface area contributed by atoms with Gasteiger partial charge in [-0.05, 0) is 24.1 Å². The van der Waals surface area contributed by atoms with E-state index in [0.717, 1.165) is 5.56 Å². The van der Waals surface area contributed by atoms with E-state index in [4.69, 9.17) is 11.6 Å². The van der Waals surface area contributed by atoms with Crippen molar-refractivity contribution in [3.63, 3.8) is 0 Å². The molecule has 14 heavy (non-hydrogen) atoms. The zero-order valence-corrected chi connectivity index (χ0v) is 8.93. The number of halogens is 1. The van der Waals surface area contributed by atoms with Gasteiger partial charge in [-0.25, -0.2) is 0 Å². The summed E-state index contributed by atoms with van der Waals surface area (Å²) in [6.45, 7) is 3.66. The Balaban J connectivity index is 2.83. The van der Waals surface area contributed by atoms with E-state index in [0.29, 0.717) is 5.02 Å². The van der Waals surface area contributed by atoms with Crippen molar-refractivity contribution in [1.82, 2.24) is 0 Å². The number of carbonyl (C=O) groups is 1. The zero-order chi connectivity index (χ0) is 10.6. The molecule has 1 aromatic rings. The molecule has 1 aromatic carbocycles. The molecule has 1 rings (SSSR count). The molecule has 0 spiro atoms. The molecule has 0 N–H and O–H groups in total. The van der Waals surface area contributed by atoms with Gasteiger partial charge in [-0.1, -0.05) is 37.4 Å². The number of hydrogen-bond donors (Lipinski definition) is 0. The molecule has 1 nitrogen and oxygen atoms in total. The fourth-order valence-electron chi connectivity index (χ4n) is 0.844. The van der Waals surface area contributed by atoms with E-state index in [2.05, 4.69) is 11.8 Å². The molecule has 0 heterocycles. The normalized spacial score (nSPS) is 9.43.